The zero-order chi connectivity index (χ0) is 23.3. The average molecular weight is 465 g/mol. The maximum absolute atomic E-state index is 13.2. The summed E-state index contributed by atoms with van der Waals surface area (Å²) in [7, 11) is -4.02. The molecule has 0 fully saturated rings. The van der Waals surface area contributed by atoms with Crippen molar-refractivity contribution in [1.82, 2.24) is 9.97 Å². The lowest BCUT2D eigenvalue weighted by Gasteiger charge is -2.12. The van der Waals surface area contributed by atoms with Gasteiger partial charge in [0.1, 0.15) is 16.9 Å². The number of fused-ring (bicyclic) bond motifs is 4. The van der Waals surface area contributed by atoms with E-state index in [-0.39, 0.29) is 22.8 Å². The number of esters is 1. The molecule has 0 amide bonds. The predicted molar refractivity (Wildman–Crippen MR) is 124 cm³/mol. The molecule has 0 atom stereocenters. The van der Waals surface area contributed by atoms with Crippen LogP contribution in [0.2, 0.25) is 0 Å². The minimum Gasteiger partial charge on any atom is -0.462 e. The van der Waals surface area contributed by atoms with Crippen LogP contribution in [-0.2, 0) is 14.8 Å². The molecule has 0 saturated carbocycles. The van der Waals surface area contributed by atoms with Crippen LogP contribution in [0.25, 0.3) is 32.8 Å². The number of aryl methyl sites for hydroxylation is 1. The third-order valence-corrected chi connectivity index (χ3v) is 6.76. The van der Waals surface area contributed by atoms with E-state index in [0.717, 1.165) is 0 Å². The minimum absolute atomic E-state index is 0.0246. The summed E-state index contributed by atoms with van der Waals surface area (Å²) in [5, 5.41) is 1.71. The number of hydrogen-bond donors (Lipinski definition) is 3. The summed E-state index contributed by atoms with van der Waals surface area (Å²) in [4.78, 5) is 29.2. The average Bonchev–Trinajstić information content (AvgIpc) is 3.31. The van der Waals surface area contributed by atoms with E-state index < -0.39 is 21.7 Å². The van der Waals surface area contributed by atoms with Crippen LogP contribution in [0, 0.1) is 6.92 Å². The maximum atomic E-state index is 13.2. The van der Waals surface area contributed by atoms with Gasteiger partial charge in [-0.05, 0) is 38.1 Å². The second kappa shape index (κ2) is 7.52. The number of benzene rings is 3. The number of nitrogens with one attached hydrogen (secondary N) is 3. The summed E-state index contributed by atoms with van der Waals surface area (Å²) in [6, 6.07) is 13.0. The van der Waals surface area contributed by atoms with Crippen LogP contribution in [0.5, 0.6) is 0 Å². The molecule has 168 valence electrons. The smallest absolute Gasteiger partial charge is 0.342 e. The first-order valence-corrected chi connectivity index (χ1v) is 11.6. The molecule has 3 aromatic carbocycles. The van der Waals surface area contributed by atoms with Crippen LogP contribution >= 0.6 is 0 Å². The molecule has 0 bridgehead atoms. The van der Waals surface area contributed by atoms with Crippen molar-refractivity contribution in [3.8, 4) is 0 Å². The van der Waals surface area contributed by atoms with E-state index in [9.17, 15) is 18.0 Å². The van der Waals surface area contributed by atoms with Gasteiger partial charge >= 0.3 is 11.7 Å². The first-order valence-electron chi connectivity index (χ1n) is 10.2. The first kappa shape index (κ1) is 20.8. The SMILES string of the molecule is CCOC(=O)c1c(C)oc2c1cc(NS(=O)(=O)c1ccc3[nH]c(=O)[nH]c3c1)c1ccccc12. The molecule has 33 heavy (non-hydrogen) atoms. The summed E-state index contributed by atoms with van der Waals surface area (Å²) in [6.07, 6.45) is 0. The second-order valence-electron chi connectivity index (χ2n) is 7.49. The summed E-state index contributed by atoms with van der Waals surface area (Å²) in [5.74, 6) is -0.157. The van der Waals surface area contributed by atoms with Crippen molar-refractivity contribution in [2.45, 2.75) is 18.7 Å². The number of H-pyrrole nitrogens is 2. The van der Waals surface area contributed by atoms with E-state index in [1.165, 1.54) is 18.2 Å². The van der Waals surface area contributed by atoms with E-state index in [1.807, 2.05) is 0 Å². The van der Waals surface area contributed by atoms with Gasteiger partial charge in [0.05, 0.1) is 28.2 Å². The largest absolute Gasteiger partial charge is 0.462 e. The van der Waals surface area contributed by atoms with E-state index in [1.54, 1.807) is 44.2 Å². The normalized spacial score (nSPS) is 11.9. The number of ether oxygens (including phenoxy) is 1. The van der Waals surface area contributed by atoms with Crippen molar-refractivity contribution in [3.05, 3.63) is 70.3 Å². The summed E-state index contributed by atoms with van der Waals surface area (Å²) < 4.78 is 40.1. The number of aromatic amines is 2. The molecule has 9 nitrogen and oxygen atoms in total. The van der Waals surface area contributed by atoms with Crippen LogP contribution in [0.3, 0.4) is 0 Å². The van der Waals surface area contributed by atoms with Gasteiger partial charge in [-0.15, -0.1) is 0 Å². The highest BCUT2D eigenvalue weighted by molar-refractivity contribution is 7.92. The number of anilines is 1. The van der Waals surface area contributed by atoms with Crippen LogP contribution in [0.1, 0.15) is 23.0 Å². The molecule has 0 aliphatic heterocycles. The molecule has 0 radical (unpaired) electrons. The molecule has 2 heterocycles. The lowest BCUT2D eigenvalue weighted by molar-refractivity contribution is 0.0526. The number of furan rings is 1. The highest BCUT2D eigenvalue weighted by atomic mass is 32.2. The lowest BCUT2D eigenvalue weighted by atomic mass is 10.0. The highest BCUT2D eigenvalue weighted by Gasteiger charge is 2.24. The number of sulfonamides is 1. The fourth-order valence-electron chi connectivity index (χ4n) is 3.96. The maximum Gasteiger partial charge on any atom is 0.342 e. The van der Waals surface area contributed by atoms with Gasteiger partial charge in [-0.1, -0.05) is 24.3 Å². The number of aromatic nitrogens is 2. The van der Waals surface area contributed by atoms with E-state index in [2.05, 4.69) is 14.7 Å². The topological polar surface area (TPSA) is 134 Å². The Hall–Kier alpha value is -4.05. The van der Waals surface area contributed by atoms with Crippen molar-refractivity contribution in [3.63, 3.8) is 0 Å². The lowest BCUT2D eigenvalue weighted by Crippen LogP contribution is -2.13. The summed E-state index contributed by atoms with van der Waals surface area (Å²) >= 11 is 0. The molecule has 0 aliphatic carbocycles. The molecule has 0 unspecified atom stereocenters. The van der Waals surface area contributed by atoms with Gasteiger partial charge in [-0.3, -0.25) is 4.72 Å². The zero-order valence-electron chi connectivity index (χ0n) is 17.7. The van der Waals surface area contributed by atoms with Crippen molar-refractivity contribution >= 4 is 54.5 Å². The Labute approximate surface area is 187 Å². The summed E-state index contributed by atoms with van der Waals surface area (Å²) in [5.41, 5.74) is 1.46. The van der Waals surface area contributed by atoms with Crippen molar-refractivity contribution < 1.29 is 22.4 Å². The molecule has 0 saturated heterocycles. The molecular weight excluding hydrogens is 446 g/mol. The Morgan fingerprint density at radius 2 is 1.76 bits per heavy atom. The van der Waals surface area contributed by atoms with Crippen molar-refractivity contribution in [2.24, 2.45) is 0 Å². The van der Waals surface area contributed by atoms with Crippen LogP contribution in [0.4, 0.5) is 5.69 Å². The van der Waals surface area contributed by atoms with Gasteiger partial charge in [0.15, 0.2) is 0 Å². The fourth-order valence-corrected chi connectivity index (χ4v) is 5.06. The van der Waals surface area contributed by atoms with Crippen LogP contribution < -0.4 is 10.4 Å². The molecule has 2 aromatic heterocycles. The number of imidazole rings is 1. The Balaban J connectivity index is 1.69. The predicted octanol–water partition coefficient (Wildman–Crippen LogP) is 4.04. The van der Waals surface area contributed by atoms with Gasteiger partial charge in [0.2, 0.25) is 0 Å². The summed E-state index contributed by atoms with van der Waals surface area (Å²) in [6.45, 7) is 3.57. The molecule has 10 heteroatoms. The van der Waals surface area contributed by atoms with Gasteiger partial charge in [-0.2, -0.15) is 0 Å². The molecule has 3 N–H and O–H groups in total. The fraction of sp³-hybridized carbons (Fsp3) is 0.130. The standard InChI is InChI=1S/C23H19N3O6S/c1-3-31-22(27)20-12(2)32-21-15-7-5-4-6-14(15)18(11-16(20)21)26-33(29,30)13-8-9-17-19(10-13)25-23(28)24-17/h4-11,26H,3H2,1-2H3,(H2,24,25,28). The number of hydrogen-bond acceptors (Lipinski definition) is 6. The number of rotatable bonds is 5. The third kappa shape index (κ3) is 3.44. The van der Waals surface area contributed by atoms with E-state index in [0.29, 0.717) is 38.5 Å². The van der Waals surface area contributed by atoms with Gasteiger partial charge in [0.25, 0.3) is 10.0 Å². The first-order chi connectivity index (χ1) is 15.8. The number of carbonyl (C=O) groups excluding carboxylic acids is 1. The second-order valence-corrected chi connectivity index (χ2v) is 9.17. The molecular formula is C23H19N3O6S. The van der Waals surface area contributed by atoms with Crippen LogP contribution in [0.15, 0.2) is 62.6 Å². The zero-order valence-corrected chi connectivity index (χ0v) is 18.5. The van der Waals surface area contributed by atoms with Crippen molar-refractivity contribution in [1.29, 1.82) is 0 Å². The Kier molecular flexibility index (Phi) is 4.75. The molecule has 0 aliphatic rings. The van der Waals surface area contributed by atoms with Gasteiger partial charge in [0, 0.05) is 16.2 Å². The minimum atomic E-state index is -4.02. The Morgan fingerprint density at radius 1 is 1.03 bits per heavy atom. The molecule has 0 spiro atoms. The molecule has 5 rings (SSSR count). The molecule has 5 aromatic rings. The monoisotopic (exact) mass is 465 g/mol. The quantitative estimate of drug-likeness (QED) is 0.335. The van der Waals surface area contributed by atoms with Crippen LogP contribution in [-0.4, -0.2) is 31.0 Å². The van der Waals surface area contributed by atoms with E-state index in [4.69, 9.17) is 9.15 Å². The Morgan fingerprint density at radius 3 is 2.52 bits per heavy atom. The van der Waals surface area contributed by atoms with Gasteiger partial charge < -0.3 is 19.1 Å². The highest BCUT2D eigenvalue weighted by Crippen LogP contribution is 2.37. The van der Waals surface area contributed by atoms with Gasteiger partial charge in [-0.25, -0.2) is 18.0 Å². The Bertz CT molecular complexity index is 1730. The van der Waals surface area contributed by atoms with Crippen molar-refractivity contribution in [2.75, 3.05) is 11.3 Å². The van der Waals surface area contributed by atoms with E-state index >= 15 is 0 Å². The number of carbonyl (C=O) groups is 1. The third-order valence-electron chi connectivity index (χ3n) is 5.39.